The summed E-state index contributed by atoms with van der Waals surface area (Å²) in [6.07, 6.45) is 0. The van der Waals surface area contributed by atoms with Crippen LogP contribution in [0.5, 0.6) is 0 Å². The Hall–Kier alpha value is -3.52. The van der Waals surface area contributed by atoms with Crippen molar-refractivity contribution in [3.05, 3.63) is 70.3 Å². The lowest BCUT2D eigenvalue weighted by Crippen LogP contribution is -2.10. The van der Waals surface area contributed by atoms with Crippen LogP contribution in [0.3, 0.4) is 0 Å². The number of anilines is 3. The third kappa shape index (κ3) is 4.36. The zero-order valence-corrected chi connectivity index (χ0v) is 14.7. The van der Waals surface area contributed by atoms with E-state index >= 15 is 0 Å². The number of nitro benzene ring substituents is 1. The van der Waals surface area contributed by atoms with E-state index in [1.54, 1.807) is 25.1 Å². The van der Waals surface area contributed by atoms with E-state index in [4.69, 9.17) is 5.11 Å². The lowest BCUT2D eigenvalue weighted by Gasteiger charge is -2.12. The Labute approximate surface area is 156 Å². The van der Waals surface area contributed by atoms with Crippen molar-refractivity contribution in [2.75, 3.05) is 23.8 Å². The number of nitro groups is 1. The average molecular weight is 365 g/mol. The van der Waals surface area contributed by atoms with Crippen molar-refractivity contribution in [3.8, 4) is 11.3 Å². The fourth-order valence-electron chi connectivity index (χ4n) is 2.61. The molecule has 8 nitrogen and oxygen atoms in total. The van der Waals surface area contributed by atoms with Gasteiger partial charge in [0, 0.05) is 29.9 Å². The van der Waals surface area contributed by atoms with E-state index in [1.807, 2.05) is 30.3 Å². The highest BCUT2D eigenvalue weighted by atomic mass is 16.6. The molecule has 0 spiro atoms. The topological polar surface area (TPSA) is 113 Å². The average Bonchev–Trinajstić information content (AvgIpc) is 2.68. The molecule has 0 saturated heterocycles. The minimum atomic E-state index is -0.413. The number of nitrogens with one attached hydrogen (secondary N) is 2. The Morgan fingerprint density at radius 1 is 1.11 bits per heavy atom. The summed E-state index contributed by atoms with van der Waals surface area (Å²) in [5.41, 5.74) is 2.75. The first kappa shape index (κ1) is 18.3. The second-order valence-electron chi connectivity index (χ2n) is 5.81. The molecule has 0 unspecified atom stereocenters. The van der Waals surface area contributed by atoms with E-state index in [1.165, 1.54) is 6.07 Å². The molecule has 27 heavy (non-hydrogen) atoms. The molecule has 0 aliphatic heterocycles. The van der Waals surface area contributed by atoms with Gasteiger partial charge in [-0.3, -0.25) is 10.1 Å². The summed E-state index contributed by atoms with van der Waals surface area (Å²) < 4.78 is 0. The molecular weight excluding hydrogens is 346 g/mol. The van der Waals surface area contributed by atoms with Crippen molar-refractivity contribution >= 4 is 23.1 Å². The number of aliphatic hydroxyl groups is 1. The maximum Gasteiger partial charge on any atom is 0.274 e. The molecule has 0 amide bonds. The maximum atomic E-state index is 11.2. The molecule has 3 rings (SSSR count). The van der Waals surface area contributed by atoms with Gasteiger partial charge in [-0.25, -0.2) is 4.98 Å². The largest absolute Gasteiger partial charge is 0.395 e. The highest BCUT2D eigenvalue weighted by Crippen LogP contribution is 2.29. The van der Waals surface area contributed by atoms with Gasteiger partial charge >= 0.3 is 0 Å². The lowest BCUT2D eigenvalue weighted by atomic mass is 10.1. The molecule has 138 valence electrons. The van der Waals surface area contributed by atoms with Crippen molar-refractivity contribution in [1.82, 2.24) is 9.97 Å². The van der Waals surface area contributed by atoms with E-state index in [-0.39, 0.29) is 12.3 Å². The molecule has 1 aromatic heterocycles. The van der Waals surface area contributed by atoms with Crippen LogP contribution in [-0.2, 0) is 0 Å². The Morgan fingerprint density at radius 3 is 2.59 bits per heavy atom. The van der Waals surface area contributed by atoms with Gasteiger partial charge in [0.25, 0.3) is 5.69 Å². The Kier molecular flexibility index (Phi) is 5.58. The van der Waals surface area contributed by atoms with Gasteiger partial charge in [0.15, 0.2) is 0 Å². The molecule has 0 fully saturated rings. The van der Waals surface area contributed by atoms with Crippen molar-refractivity contribution in [2.24, 2.45) is 0 Å². The summed E-state index contributed by atoms with van der Waals surface area (Å²) >= 11 is 0. The second-order valence-corrected chi connectivity index (χ2v) is 5.81. The zero-order chi connectivity index (χ0) is 19.2. The fraction of sp³-hybridized carbons (Fsp3) is 0.158. The summed E-state index contributed by atoms with van der Waals surface area (Å²) in [5.74, 6) is 0.851. The van der Waals surface area contributed by atoms with Crippen LogP contribution in [0.4, 0.5) is 23.1 Å². The third-order valence-corrected chi connectivity index (χ3v) is 3.96. The Balaban J connectivity index is 1.99. The molecular formula is C19H19N5O3. The molecule has 8 heteroatoms. The number of hydrogen-bond donors (Lipinski definition) is 3. The smallest absolute Gasteiger partial charge is 0.274 e. The molecule has 0 aliphatic carbocycles. The quantitative estimate of drug-likeness (QED) is 0.434. The van der Waals surface area contributed by atoms with Crippen molar-refractivity contribution in [2.45, 2.75) is 6.92 Å². The fourth-order valence-corrected chi connectivity index (χ4v) is 2.61. The van der Waals surface area contributed by atoms with Crippen LogP contribution < -0.4 is 10.6 Å². The number of aromatic nitrogens is 2. The van der Waals surface area contributed by atoms with Gasteiger partial charge in [0.05, 0.1) is 22.8 Å². The van der Waals surface area contributed by atoms with Crippen LogP contribution in [0.15, 0.2) is 54.6 Å². The summed E-state index contributed by atoms with van der Waals surface area (Å²) in [5, 5.41) is 26.3. The predicted molar refractivity (Wildman–Crippen MR) is 104 cm³/mol. The number of benzene rings is 2. The minimum Gasteiger partial charge on any atom is -0.395 e. The van der Waals surface area contributed by atoms with Crippen molar-refractivity contribution in [3.63, 3.8) is 0 Å². The van der Waals surface area contributed by atoms with Gasteiger partial charge in [0.2, 0.25) is 5.95 Å². The van der Waals surface area contributed by atoms with Gasteiger partial charge in [0.1, 0.15) is 5.82 Å². The van der Waals surface area contributed by atoms with Crippen molar-refractivity contribution < 1.29 is 10.0 Å². The van der Waals surface area contributed by atoms with Gasteiger partial charge in [-0.15, -0.1) is 0 Å². The van der Waals surface area contributed by atoms with E-state index in [0.717, 1.165) is 5.56 Å². The zero-order valence-electron chi connectivity index (χ0n) is 14.7. The van der Waals surface area contributed by atoms with Gasteiger partial charge in [-0.05, 0) is 13.0 Å². The number of aliphatic hydroxyl groups excluding tert-OH is 1. The summed E-state index contributed by atoms with van der Waals surface area (Å²) in [6.45, 7) is 1.95. The van der Waals surface area contributed by atoms with E-state index in [9.17, 15) is 10.1 Å². The van der Waals surface area contributed by atoms with Gasteiger partial charge in [-0.2, -0.15) is 4.98 Å². The molecule has 0 saturated carbocycles. The molecule has 0 aliphatic rings. The molecule has 0 atom stereocenters. The molecule has 3 aromatic rings. The summed E-state index contributed by atoms with van der Waals surface area (Å²) in [6, 6.07) is 16.2. The Morgan fingerprint density at radius 2 is 1.89 bits per heavy atom. The summed E-state index contributed by atoms with van der Waals surface area (Å²) in [4.78, 5) is 19.6. The molecule has 0 bridgehead atoms. The second kappa shape index (κ2) is 8.24. The maximum absolute atomic E-state index is 11.2. The van der Waals surface area contributed by atoms with Crippen LogP contribution >= 0.6 is 0 Å². The molecule has 1 heterocycles. The van der Waals surface area contributed by atoms with Crippen LogP contribution in [-0.4, -0.2) is 33.1 Å². The number of nitrogens with zero attached hydrogens (tertiary/aromatic N) is 3. The molecule has 2 aromatic carbocycles. The van der Waals surface area contributed by atoms with Crippen molar-refractivity contribution in [1.29, 1.82) is 0 Å². The first-order valence-electron chi connectivity index (χ1n) is 8.39. The normalized spacial score (nSPS) is 10.4. The minimum absolute atomic E-state index is 0.0379. The van der Waals surface area contributed by atoms with Crippen LogP contribution in [0.25, 0.3) is 11.3 Å². The highest BCUT2D eigenvalue weighted by molar-refractivity contribution is 5.70. The highest BCUT2D eigenvalue weighted by Gasteiger charge is 2.14. The van der Waals surface area contributed by atoms with E-state index in [2.05, 4.69) is 20.6 Å². The van der Waals surface area contributed by atoms with Gasteiger partial charge < -0.3 is 15.7 Å². The summed E-state index contributed by atoms with van der Waals surface area (Å²) in [7, 11) is 0. The monoisotopic (exact) mass is 365 g/mol. The van der Waals surface area contributed by atoms with Crippen LogP contribution in [0, 0.1) is 17.0 Å². The number of hydrogen-bond acceptors (Lipinski definition) is 7. The molecule has 3 N–H and O–H groups in total. The first-order valence-corrected chi connectivity index (χ1v) is 8.39. The van der Waals surface area contributed by atoms with E-state index < -0.39 is 4.92 Å². The molecule has 0 radical (unpaired) electrons. The SMILES string of the molecule is Cc1c(Nc2cc(-c3ccccc3)nc(NCCO)n2)cccc1[N+](=O)[O-]. The van der Waals surface area contributed by atoms with Crippen LogP contribution in [0.2, 0.25) is 0 Å². The van der Waals surface area contributed by atoms with Gasteiger partial charge in [-0.1, -0.05) is 36.4 Å². The first-order chi connectivity index (χ1) is 13.1. The predicted octanol–water partition coefficient (Wildman–Crippen LogP) is 3.51. The lowest BCUT2D eigenvalue weighted by molar-refractivity contribution is -0.385. The van der Waals surface area contributed by atoms with Crippen LogP contribution in [0.1, 0.15) is 5.56 Å². The standard InChI is InChI=1S/C19H19N5O3/c1-13-15(8-5-9-17(13)24(26)27)21-18-12-16(14-6-3-2-4-7-14)22-19(23-18)20-10-11-25/h2-9,12,25H,10-11H2,1H3,(H2,20,21,22,23). The van der Waals surface area contributed by atoms with E-state index in [0.29, 0.717) is 35.3 Å². The Bertz CT molecular complexity index is 947. The third-order valence-electron chi connectivity index (χ3n) is 3.96. The number of rotatable bonds is 7.